The molecule has 0 aromatic heterocycles. The van der Waals surface area contributed by atoms with Crippen LogP contribution in [0.4, 0.5) is 23.2 Å². The molecule has 0 heterocycles. The summed E-state index contributed by atoms with van der Waals surface area (Å²) in [5, 5.41) is 10.5. The molecule has 0 unspecified atom stereocenters. The first-order chi connectivity index (χ1) is 8.70. The van der Waals surface area contributed by atoms with Crippen molar-refractivity contribution in [3.05, 3.63) is 33.1 Å². The first kappa shape index (κ1) is 17.1. The maximum atomic E-state index is 13.5. The van der Waals surface area contributed by atoms with Crippen LogP contribution < -0.4 is 4.74 Å². The summed E-state index contributed by atoms with van der Waals surface area (Å²) in [6.45, 7) is 5.13. The van der Waals surface area contributed by atoms with Crippen LogP contribution in [-0.4, -0.2) is 12.0 Å². The predicted molar refractivity (Wildman–Crippen MR) is 60.7 cm³/mol. The molecule has 0 saturated heterocycles. The summed E-state index contributed by atoms with van der Waals surface area (Å²) in [5.41, 5.74) is -3.20. The first-order valence-electron chi connectivity index (χ1n) is 5.28. The van der Waals surface area contributed by atoms with Crippen molar-refractivity contribution in [3.8, 4) is 5.75 Å². The maximum absolute atomic E-state index is 13.5. The van der Waals surface area contributed by atoms with Gasteiger partial charge in [0.1, 0.15) is 11.3 Å². The molecular weight excluding hydrogens is 270 g/mol. The van der Waals surface area contributed by atoms with Gasteiger partial charge in [0.25, 0.3) is 0 Å². The molecule has 0 atom stereocenters. The molecule has 108 valence electrons. The zero-order valence-corrected chi connectivity index (χ0v) is 10.8. The molecule has 8 heteroatoms. The molecule has 1 aromatic rings. The van der Waals surface area contributed by atoms with Crippen LogP contribution in [0.1, 0.15) is 25.0 Å². The standard InChI is InChI=1S/C9H7F4NO3.C2H6/c1-4-3-5(17-2)6(9(11,12)13)7(10)8(4)14(15)16;1-2/h3H,1-2H3;1-2H3. The summed E-state index contributed by atoms with van der Waals surface area (Å²) >= 11 is 0. The van der Waals surface area contributed by atoms with Gasteiger partial charge in [-0.15, -0.1) is 0 Å². The molecule has 1 rings (SSSR count). The van der Waals surface area contributed by atoms with Crippen LogP contribution in [-0.2, 0) is 6.18 Å². The van der Waals surface area contributed by atoms with Gasteiger partial charge in [0.15, 0.2) is 0 Å². The van der Waals surface area contributed by atoms with Gasteiger partial charge in [-0.2, -0.15) is 17.6 Å². The molecule has 0 aliphatic rings. The van der Waals surface area contributed by atoms with Gasteiger partial charge < -0.3 is 4.74 Å². The molecule has 0 N–H and O–H groups in total. The highest BCUT2D eigenvalue weighted by Crippen LogP contribution is 2.42. The Bertz CT molecular complexity index is 472. The minimum absolute atomic E-state index is 0.239. The highest BCUT2D eigenvalue weighted by molar-refractivity contribution is 5.52. The van der Waals surface area contributed by atoms with Crippen molar-refractivity contribution >= 4 is 5.69 Å². The Morgan fingerprint density at radius 2 is 1.79 bits per heavy atom. The lowest BCUT2D eigenvalue weighted by Gasteiger charge is -2.13. The first-order valence-corrected chi connectivity index (χ1v) is 5.28. The lowest BCUT2D eigenvalue weighted by atomic mass is 10.1. The number of ether oxygens (including phenoxy) is 1. The molecular formula is C11H13F4NO3. The van der Waals surface area contributed by atoms with E-state index in [0.717, 1.165) is 20.1 Å². The van der Waals surface area contributed by atoms with Gasteiger partial charge in [-0.05, 0) is 13.0 Å². The average Bonchev–Trinajstić information content (AvgIpc) is 2.28. The van der Waals surface area contributed by atoms with Gasteiger partial charge >= 0.3 is 11.9 Å². The van der Waals surface area contributed by atoms with Crippen LogP contribution >= 0.6 is 0 Å². The lowest BCUT2D eigenvalue weighted by molar-refractivity contribution is -0.388. The van der Waals surface area contributed by atoms with Gasteiger partial charge in [-0.3, -0.25) is 10.1 Å². The third-order valence-electron chi connectivity index (χ3n) is 2.08. The number of nitrogens with zero attached hydrogens (tertiary/aromatic N) is 1. The number of nitro groups is 1. The number of hydrogen-bond acceptors (Lipinski definition) is 3. The van der Waals surface area contributed by atoms with Crippen LogP contribution in [0.5, 0.6) is 5.75 Å². The molecule has 0 amide bonds. The molecule has 4 nitrogen and oxygen atoms in total. The van der Waals surface area contributed by atoms with Crippen molar-refractivity contribution < 1.29 is 27.2 Å². The maximum Gasteiger partial charge on any atom is 0.423 e. The SMILES string of the molecule is CC.COc1cc(C)c([N+](=O)[O-])c(F)c1C(F)(F)F. The highest BCUT2D eigenvalue weighted by atomic mass is 19.4. The monoisotopic (exact) mass is 283 g/mol. The van der Waals surface area contributed by atoms with E-state index >= 15 is 0 Å². The number of halogens is 4. The molecule has 0 bridgehead atoms. The van der Waals surface area contributed by atoms with Crippen molar-refractivity contribution in [1.29, 1.82) is 0 Å². The Balaban J connectivity index is 0.00000154. The van der Waals surface area contributed by atoms with E-state index in [1.54, 1.807) is 0 Å². The lowest BCUT2D eigenvalue weighted by Crippen LogP contribution is -2.13. The van der Waals surface area contributed by atoms with Crippen molar-refractivity contribution in [3.63, 3.8) is 0 Å². The number of alkyl halides is 3. The van der Waals surface area contributed by atoms with E-state index in [9.17, 15) is 27.7 Å². The molecule has 0 aliphatic heterocycles. The molecule has 0 fully saturated rings. The summed E-state index contributed by atoms with van der Waals surface area (Å²) in [6, 6.07) is 0.782. The molecule has 0 spiro atoms. The molecule has 0 aliphatic carbocycles. The van der Waals surface area contributed by atoms with Crippen LogP contribution in [0.2, 0.25) is 0 Å². The summed E-state index contributed by atoms with van der Waals surface area (Å²) in [6.07, 6.45) is -5.06. The minimum Gasteiger partial charge on any atom is -0.496 e. The van der Waals surface area contributed by atoms with Gasteiger partial charge in [-0.1, -0.05) is 13.8 Å². The smallest absolute Gasteiger partial charge is 0.423 e. The average molecular weight is 283 g/mol. The second-order valence-corrected chi connectivity index (χ2v) is 3.19. The fraction of sp³-hybridized carbons (Fsp3) is 0.455. The van der Waals surface area contributed by atoms with Gasteiger partial charge in [0, 0.05) is 5.56 Å². The van der Waals surface area contributed by atoms with Crippen LogP contribution in [0.25, 0.3) is 0 Å². The highest BCUT2D eigenvalue weighted by Gasteiger charge is 2.42. The Morgan fingerprint density at radius 3 is 2.11 bits per heavy atom. The van der Waals surface area contributed by atoms with Gasteiger partial charge in [-0.25, -0.2) is 0 Å². The summed E-state index contributed by atoms with van der Waals surface area (Å²) in [7, 11) is 0.926. The van der Waals surface area contributed by atoms with E-state index in [4.69, 9.17) is 0 Å². The normalized spacial score (nSPS) is 10.5. The fourth-order valence-electron chi connectivity index (χ4n) is 1.39. The second kappa shape index (κ2) is 6.35. The largest absolute Gasteiger partial charge is 0.496 e. The number of benzene rings is 1. The Labute approximate surface area is 107 Å². The summed E-state index contributed by atoms with van der Waals surface area (Å²) in [4.78, 5) is 9.28. The van der Waals surface area contributed by atoms with E-state index < -0.39 is 33.9 Å². The minimum atomic E-state index is -5.06. The third-order valence-corrected chi connectivity index (χ3v) is 2.08. The molecule has 19 heavy (non-hydrogen) atoms. The number of methoxy groups -OCH3 is 1. The van der Waals surface area contributed by atoms with E-state index in [0.29, 0.717) is 0 Å². The van der Waals surface area contributed by atoms with E-state index in [-0.39, 0.29) is 5.56 Å². The zero-order valence-electron chi connectivity index (χ0n) is 10.8. The molecule has 0 radical (unpaired) electrons. The Morgan fingerprint density at radius 1 is 1.32 bits per heavy atom. The van der Waals surface area contributed by atoms with E-state index in [1.165, 1.54) is 0 Å². The van der Waals surface area contributed by atoms with E-state index in [2.05, 4.69) is 4.74 Å². The van der Waals surface area contributed by atoms with Crippen molar-refractivity contribution in [2.24, 2.45) is 0 Å². The number of hydrogen-bond donors (Lipinski definition) is 0. The Hall–Kier alpha value is -1.86. The summed E-state index contributed by atoms with van der Waals surface area (Å²) < 4.78 is 55.5. The second-order valence-electron chi connectivity index (χ2n) is 3.19. The third kappa shape index (κ3) is 3.55. The number of aryl methyl sites for hydroxylation is 1. The fourth-order valence-corrected chi connectivity index (χ4v) is 1.39. The van der Waals surface area contributed by atoms with E-state index in [1.807, 2.05) is 13.8 Å². The van der Waals surface area contributed by atoms with Crippen LogP contribution in [0.3, 0.4) is 0 Å². The zero-order chi connectivity index (χ0) is 15.4. The van der Waals surface area contributed by atoms with Gasteiger partial charge in [0.2, 0.25) is 5.82 Å². The van der Waals surface area contributed by atoms with Crippen molar-refractivity contribution in [1.82, 2.24) is 0 Å². The summed E-state index contributed by atoms with van der Waals surface area (Å²) in [5.74, 6) is -2.71. The number of nitro benzene ring substituents is 1. The molecule has 0 saturated carbocycles. The number of rotatable bonds is 2. The Kier molecular flexibility index (Phi) is 5.73. The topological polar surface area (TPSA) is 52.4 Å². The van der Waals surface area contributed by atoms with Crippen LogP contribution in [0, 0.1) is 22.9 Å². The molecule has 1 aromatic carbocycles. The van der Waals surface area contributed by atoms with Crippen molar-refractivity contribution in [2.45, 2.75) is 26.9 Å². The van der Waals surface area contributed by atoms with Crippen molar-refractivity contribution in [2.75, 3.05) is 7.11 Å². The predicted octanol–water partition coefficient (Wildman–Crippen LogP) is 4.10. The van der Waals surface area contributed by atoms with Crippen LogP contribution in [0.15, 0.2) is 6.07 Å². The quantitative estimate of drug-likeness (QED) is 0.466. The van der Waals surface area contributed by atoms with Gasteiger partial charge in [0.05, 0.1) is 12.0 Å².